The molecular weight excluding hydrogens is 483 g/mol. The van der Waals surface area contributed by atoms with Gasteiger partial charge in [-0.1, -0.05) is 18.2 Å². The first kappa shape index (κ1) is 23.2. The Kier molecular flexibility index (Phi) is 10.0. The highest BCUT2D eigenvalue weighted by atomic mass is 127. The summed E-state index contributed by atoms with van der Waals surface area (Å²) in [4.78, 5) is 16.5. The van der Waals surface area contributed by atoms with Crippen LogP contribution in [0.1, 0.15) is 31.5 Å². The van der Waals surface area contributed by atoms with Crippen LogP contribution in [0.15, 0.2) is 40.1 Å². The third-order valence-electron chi connectivity index (χ3n) is 4.72. The molecule has 1 aromatic heterocycles. The molecule has 0 spiro atoms. The summed E-state index contributed by atoms with van der Waals surface area (Å²) in [6.07, 6.45) is 4.79. The number of hydrogen-bond donors (Lipinski definition) is 2. The zero-order valence-corrected chi connectivity index (χ0v) is 19.3. The summed E-state index contributed by atoms with van der Waals surface area (Å²) in [5.74, 6) is 2.58. The first-order valence-electron chi connectivity index (χ1n) is 10.1. The van der Waals surface area contributed by atoms with E-state index < -0.39 is 0 Å². The molecule has 0 radical (unpaired) electrons. The molecule has 0 amide bonds. The number of fused-ring (bicyclic) bond motifs is 1. The quantitative estimate of drug-likeness (QED) is 0.232. The van der Waals surface area contributed by atoms with Gasteiger partial charge in [-0.15, -0.1) is 24.0 Å². The highest BCUT2D eigenvalue weighted by molar-refractivity contribution is 14.0. The van der Waals surface area contributed by atoms with Gasteiger partial charge in [0.2, 0.25) is 0 Å². The topological polar surface area (TPSA) is 85.5 Å². The van der Waals surface area contributed by atoms with Gasteiger partial charge in [-0.25, -0.2) is 9.48 Å². The van der Waals surface area contributed by atoms with Crippen molar-refractivity contribution in [2.75, 3.05) is 26.7 Å². The fraction of sp³-hybridized carbons (Fsp3) is 0.550. The standard InChI is InChI=1S/C20H30N6O2.HI/c1-21-19(23-13-8-16-28-17-9-3-2-4-10-17)22-12-7-15-26-20(27)25-14-6-5-11-18(25)24-26;/h2-4,9-10H,5-8,11-16H2,1H3,(H2,21,22,23);1H. The third kappa shape index (κ3) is 7.06. The monoisotopic (exact) mass is 514 g/mol. The van der Waals surface area contributed by atoms with Crippen molar-refractivity contribution in [2.24, 2.45) is 4.99 Å². The van der Waals surface area contributed by atoms with Crippen LogP contribution >= 0.6 is 24.0 Å². The third-order valence-corrected chi connectivity index (χ3v) is 4.72. The summed E-state index contributed by atoms with van der Waals surface area (Å²) in [6, 6.07) is 9.81. The number of aromatic nitrogens is 3. The molecule has 0 saturated heterocycles. The Morgan fingerprint density at radius 1 is 1.17 bits per heavy atom. The van der Waals surface area contributed by atoms with Crippen LogP contribution in [-0.4, -0.2) is 47.1 Å². The van der Waals surface area contributed by atoms with Crippen LogP contribution in [0.3, 0.4) is 0 Å². The van der Waals surface area contributed by atoms with Gasteiger partial charge in [-0.3, -0.25) is 9.56 Å². The van der Waals surface area contributed by atoms with E-state index in [1.807, 2.05) is 34.9 Å². The van der Waals surface area contributed by atoms with Crippen molar-refractivity contribution in [1.82, 2.24) is 25.0 Å². The van der Waals surface area contributed by atoms with Crippen LogP contribution in [0.2, 0.25) is 0 Å². The Hall–Kier alpha value is -2.04. The minimum atomic E-state index is 0. The normalized spacial score (nSPS) is 13.3. The zero-order valence-electron chi connectivity index (χ0n) is 17.0. The van der Waals surface area contributed by atoms with E-state index in [1.165, 1.54) is 0 Å². The number of benzene rings is 1. The van der Waals surface area contributed by atoms with Crippen LogP contribution in [0, 0.1) is 0 Å². The number of aryl methyl sites for hydroxylation is 2. The molecule has 9 heteroatoms. The largest absolute Gasteiger partial charge is 0.494 e. The fourth-order valence-electron chi connectivity index (χ4n) is 3.24. The van der Waals surface area contributed by atoms with Gasteiger partial charge in [-0.2, -0.15) is 5.10 Å². The predicted octanol–water partition coefficient (Wildman–Crippen LogP) is 2.02. The number of hydrogen-bond acceptors (Lipinski definition) is 4. The lowest BCUT2D eigenvalue weighted by atomic mass is 10.2. The molecule has 0 fully saturated rings. The Labute approximate surface area is 188 Å². The van der Waals surface area contributed by atoms with Gasteiger partial charge in [0.15, 0.2) is 5.96 Å². The molecule has 0 bridgehead atoms. The maximum Gasteiger partial charge on any atom is 0.345 e. The van der Waals surface area contributed by atoms with Crippen molar-refractivity contribution in [3.8, 4) is 5.75 Å². The van der Waals surface area contributed by atoms with Crippen molar-refractivity contribution in [3.63, 3.8) is 0 Å². The van der Waals surface area contributed by atoms with Gasteiger partial charge >= 0.3 is 5.69 Å². The average Bonchev–Trinajstić information content (AvgIpc) is 3.06. The van der Waals surface area contributed by atoms with Crippen molar-refractivity contribution < 1.29 is 4.74 Å². The smallest absolute Gasteiger partial charge is 0.345 e. The lowest BCUT2D eigenvalue weighted by Crippen LogP contribution is -2.39. The van der Waals surface area contributed by atoms with Gasteiger partial charge < -0.3 is 15.4 Å². The summed E-state index contributed by atoms with van der Waals surface area (Å²) in [5, 5.41) is 11.0. The van der Waals surface area contributed by atoms with E-state index >= 15 is 0 Å². The van der Waals surface area contributed by atoms with E-state index in [0.717, 1.165) is 69.3 Å². The summed E-state index contributed by atoms with van der Waals surface area (Å²) < 4.78 is 9.08. The molecule has 2 N–H and O–H groups in total. The molecule has 1 aliphatic heterocycles. The number of aliphatic imine (C=N–C) groups is 1. The van der Waals surface area contributed by atoms with Crippen molar-refractivity contribution in [3.05, 3.63) is 46.6 Å². The molecule has 2 heterocycles. The van der Waals surface area contributed by atoms with Gasteiger partial charge in [0.1, 0.15) is 11.6 Å². The van der Waals surface area contributed by atoms with Gasteiger partial charge in [0, 0.05) is 39.6 Å². The zero-order chi connectivity index (χ0) is 19.6. The van der Waals surface area contributed by atoms with E-state index in [2.05, 4.69) is 20.7 Å². The number of nitrogens with one attached hydrogen (secondary N) is 2. The number of rotatable bonds is 9. The molecule has 29 heavy (non-hydrogen) atoms. The van der Waals surface area contributed by atoms with E-state index in [0.29, 0.717) is 13.2 Å². The highest BCUT2D eigenvalue weighted by Crippen LogP contribution is 2.09. The van der Waals surface area contributed by atoms with E-state index in [-0.39, 0.29) is 29.7 Å². The Bertz CT molecular complexity index is 818. The Morgan fingerprint density at radius 3 is 2.66 bits per heavy atom. The van der Waals surface area contributed by atoms with Crippen LogP contribution < -0.4 is 21.1 Å². The van der Waals surface area contributed by atoms with Gasteiger partial charge in [-0.05, 0) is 37.8 Å². The summed E-state index contributed by atoms with van der Waals surface area (Å²) in [6.45, 7) is 3.58. The molecule has 1 aromatic carbocycles. The molecule has 3 rings (SSSR count). The Morgan fingerprint density at radius 2 is 1.93 bits per heavy atom. The molecule has 2 aromatic rings. The minimum absolute atomic E-state index is 0. The molecule has 0 unspecified atom stereocenters. The number of guanidine groups is 1. The lowest BCUT2D eigenvalue weighted by molar-refractivity contribution is 0.311. The number of ether oxygens (including phenoxy) is 1. The SMILES string of the molecule is CN=C(NCCCOc1ccccc1)NCCCn1nc2n(c1=O)CCCC2.I. The van der Waals surface area contributed by atoms with Crippen LogP contribution in [0.5, 0.6) is 5.75 Å². The molecular formula is C20H31IN6O2. The predicted molar refractivity (Wildman–Crippen MR) is 125 cm³/mol. The second-order valence-corrected chi connectivity index (χ2v) is 6.83. The van der Waals surface area contributed by atoms with E-state index in [4.69, 9.17) is 4.74 Å². The first-order chi connectivity index (χ1) is 13.8. The summed E-state index contributed by atoms with van der Waals surface area (Å²) >= 11 is 0. The fourth-order valence-corrected chi connectivity index (χ4v) is 3.24. The molecule has 0 saturated carbocycles. The van der Waals surface area contributed by atoms with Crippen LogP contribution in [0.25, 0.3) is 0 Å². The molecule has 1 aliphatic rings. The van der Waals surface area contributed by atoms with Crippen LogP contribution in [-0.2, 0) is 19.5 Å². The maximum atomic E-state index is 12.3. The summed E-state index contributed by atoms with van der Waals surface area (Å²) in [5.41, 5.74) is 0.0237. The Balaban J connectivity index is 0.00000300. The summed E-state index contributed by atoms with van der Waals surface area (Å²) in [7, 11) is 1.75. The lowest BCUT2D eigenvalue weighted by Gasteiger charge is -2.12. The molecule has 160 valence electrons. The van der Waals surface area contributed by atoms with Gasteiger partial charge in [0.25, 0.3) is 0 Å². The number of nitrogens with zero attached hydrogens (tertiary/aromatic N) is 4. The first-order valence-corrected chi connectivity index (χ1v) is 10.1. The van der Waals surface area contributed by atoms with E-state index in [9.17, 15) is 4.79 Å². The van der Waals surface area contributed by atoms with Crippen molar-refractivity contribution >= 4 is 29.9 Å². The van der Waals surface area contributed by atoms with Crippen molar-refractivity contribution in [1.29, 1.82) is 0 Å². The van der Waals surface area contributed by atoms with Crippen LogP contribution in [0.4, 0.5) is 0 Å². The molecule has 0 atom stereocenters. The highest BCUT2D eigenvalue weighted by Gasteiger charge is 2.16. The number of halogens is 1. The number of para-hydroxylation sites is 1. The van der Waals surface area contributed by atoms with Crippen molar-refractivity contribution in [2.45, 2.75) is 45.2 Å². The maximum absolute atomic E-state index is 12.3. The second kappa shape index (κ2) is 12.5. The molecule has 8 nitrogen and oxygen atoms in total. The second-order valence-electron chi connectivity index (χ2n) is 6.83. The minimum Gasteiger partial charge on any atom is -0.494 e. The van der Waals surface area contributed by atoms with E-state index in [1.54, 1.807) is 11.7 Å². The van der Waals surface area contributed by atoms with Gasteiger partial charge in [0.05, 0.1) is 6.61 Å². The molecule has 0 aliphatic carbocycles. The average molecular weight is 514 g/mol.